The number of esters is 1. The first-order valence-corrected chi connectivity index (χ1v) is 22.7. The molecule has 1 rings (SSSR count). The highest BCUT2D eigenvalue weighted by atomic mass is 16.7. The molecule has 332 valence electrons. The van der Waals surface area contributed by atoms with E-state index in [4.69, 9.17) is 18.9 Å². The Kier molecular flexibility index (Phi) is 36.6. The summed E-state index contributed by atoms with van der Waals surface area (Å²) in [6.45, 7) is 4.25. The second-order valence-corrected chi connectivity index (χ2v) is 15.1. The van der Waals surface area contributed by atoms with Crippen LogP contribution in [0.3, 0.4) is 0 Å². The summed E-state index contributed by atoms with van der Waals surface area (Å²) in [7, 11) is 0. The highest BCUT2D eigenvalue weighted by Crippen LogP contribution is 2.22. The third kappa shape index (κ3) is 30.4. The normalized spacial score (nSPS) is 21.1. The van der Waals surface area contributed by atoms with Gasteiger partial charge >= 0.3 is 5.97 Å². The number of aliphatic hydroxyl groups is 4. The first-order chi connectivity index (χ1) is 28.4. The molecule has 0 aromatic carbocycles. The van der Waals surface area contributed by atoms with Gasteiger partial charge in [0.1, 0.15) is 30.5 Å². The molecule has 0 aromatic heterocycles. The second-order valence-electron chi connectivity index (χ2n) is 15.1. The summed E-state index contributed by atoms with van der Waals surface area (Å²) in [5.74, 6) is -0.335. The molecule has 0 amide bonds. The van der Waals surface area contributed by atoms with Gasteiger partial charge in [-0.15, -0.1) is 0 Å². The van der Waals surface area contributed by atoms with Crippen molar-refractivity contribution in [2.75, 3.05) is 26.4 Å². The van der Waals surface area contributed by atoms with Crippen molar-refractivity contribution in [1.29, 1.82) is 0 Å². The number of allylic oxidation sites excluding steroid dienone is 14. The van der Waals surface area contributed by atoms with E-state index in [9.17, 15) is 25.2 Å². The maximum absolute atomic E-state index is 12.8. The van der Waals surface area contributed by atoms with Gasteiger partial charge in [0.15, 0.2) is 6.29 Å². The molecule has 9 heteroatoms. The maximum atomic E-state index is 12.8. The van der Waals surface area contributed by atoms with E-state index in [0.29, 0.717) is 13.0 Å². The van der Waals surface area contributed by atoms with Crippen LogP contribution < -0.4 is 0 Å². The van der Waals surface area contributed by atoms with E-state index in [1.807, 2.05) is 0 Å². The molecule has 0 saturated carbocycles. The van der Waals surface area contributed by atoms with Crippen LogP contribution in [0.1, 0.15) is 155 Å². The minimum Gasteiger partial charge on any atom is -0.457 e. The van der Waals surface area contributed by atoms with Gasteiger partial charge < -0.3 is 39.4 Å². The molecule has 0 aliphatic carbocycles. The Morgan fingerprint density at radius 1 is 0.552 bits per heavy atom. The van der Waals surface area contributed by atoms with Crippen LogP contribution in [-0.4, -0.2) is 89.6 Å². The standard InChI is InChI=1S/C49H82O9/c1-3-5-7-9-11-13-15-17-19-20-21-22-23-24-25-26-28-30-32-34-36-38-45(51)57-43(42-56-49-48(54)47(53)46(52)44(40-50)58-49)41-55-39-37-35-33-31-29-27-18-16-14-12-10-8-6-4-2/h5-8,11-14,17-19,21-22,27,43-44,46-50,52-54H,3-4,9-10,15-16,20,23-26,28-42H2,1-2H3/b7-5-,8-6-,13-11-,14-12-,19-17-,22-21-,27-18-. The number of carbonyl (C=O) groups excluding carboxylic acids is 1. The number of rotatable bonds is 37. The van der Waals surface area contributed by atoms with Gasteiger partial charge in [0.05, 0.1) is 19.8 Å². The molecule has 9 nitrogen and oxygen atoms in total. The number of ether oxygens (including phenoxy) is 4. The average molecular weight is 815 g/mol. The first-order valence-electron chi connectivity index (χ1n) is 22.7. The molecule has 1 fully saturated rings. The molecule has 0 radical (unpaired) electrons. The smallest absolute Gasteiger partial charge is 0.306 e. The molecule has 58 heavy (non-hydrogen) atoms. The van der Waals surface area contributed by atoms with Gasteiger partial charge in [-0.25, -0.2) is 0 Å². The molecule has 1 saturated heterocycles. The fourth-order valence-electron chi connectivity index (χ4n) is 6.32. The molecule has 6 unspecified atom stereocenters. The Morgan fingerprint density at radius 2 is 1.00 bits per heavy atom. The highest BCUT2D eigenvalue weighted by Gasteiger charge is 2.44. The van der Waals surface area contributed by atoms with E-state index in [-0.39, 0.29) is 19.2 Å². The van der Waals surface area contributed by atoms with Gasteiger partial charge in [0.25, 0.3) is 0 Å². The molecule has 1 heterocycles. The van der Waals surface area contributed by atoms with Crippen molar-refractivity contribution in [1.82, 2.24) is 0 Å². The number of hydrogen-bond donors (Lipinski definition) is 4. The average Bonchev–Trinajstić information content (AvgIpc) is 3.22. The van der Waals surface area contributed by atoms with Crippen LogP contribution in [0.25, 0.3) is 0 Å². The monoisotopic (exact) mass is 815 g/mol. The summed E-state index contributed by atoms with van der Waals surface area (Å²) < 4.78 is 22.8. The molecule has 1 aliphatic rings. The van der Waals surface area contributed by atoms with Crippen LogP contribution in [-0.2, 0) is 23.7 Å². The van der Waals surface area contributed by atoms with Crippen molar-refractivity contribution in [3.8, 4) is 0 Å². The lowest BCUT2D eigenvalue weighted by molar-refractivity contribution is -0.305. The minimum absolute atomic E-state index is 0.121. The fourth-order valence-corrected chi connectivity index (χ4v) is 6.32. The van der Waals surface area contributed by atoms with Gasteiger partial charge in [-0.2, -0.15) is 0 Å². The molecule has 0 spiro atoms. The zero-order chi connectivity index (χ0) is 42.2. The second kappa shape index (κ2) is 39.8. The number of aliphatic hydroxyl groups excluding tert-OH is 4. The quantitative estimate of drug-likeness (QED) is 0.0275. The molecular weight excluding hydrogens is 733 g/mol. The van der Waals surface area contributed by atoms with Crippen molar-refractivity contribution in [2.24, 2.45) is 0 Å². The molecule has 4 N–H and O–H groups in total. The van der Waals surface area contributed by atoms with Crippen LogP contribution in [0.4, 0.5) is 0 Å². The van der Waals surface area contributed by atoms with E-state index < -0.39 is 43.4 Å². The minimum atomic E-state index is -1.55. The van der Waals surface area contributed by atoms with Crippen LogP contribution in [0.15, 0.2) is 85.1 Å². The maximum Gasteiger partial charge on any atom is 0.306 e. The molecule has 1 aliphatic heterocycles. The summed E-state index contributed by atoms with van der Waals surface area (Å²) in [5, 5.41) is 40.1. The summed E-state index contributed by atoms with van der Waals surface area (Å²) in [4.78, 5) is 12.8. The van der Waals surface area contributed by atoms with Gasteiger partial charge in [-0.1, -0.05) is 150 Å². The van der Waals surface area contributed by atoms with Gasteiger partial charge in [-0.05, 0) is 83.5 Å². The molecule has 0 bridgehead atoms. The third-order valence-corrected chi connectivity index (χ3v) is 9.81. The molecular formula is C49H82O9. The van der Waals surface area contributed by atoms with Crippen LogP contribution in [0, 0.1) is 0 Å². The Labute approximate surface area is 352 Å². The third-order valence-electron chi connectivity index (χ3n) is 9.81. The SMILES string of the molecule is CC/C=C\C/C=C\C/C=C\C/C=C\CCCCCCCCCCC(=O)OC(COCCCCCC/C=C\C/C=C\C/C=C\CC)COC1OC(CO)C(O)C(O)C1O. The van der Waals surface area contributed by atoms with Crippen LogP contribution in [0.2, 0.25) is 0 Å². The zero-order valence-electron chi connectivity index (χ0n) is 36.3. The van der Waals surface area contributed by atoms with E-state index in [1.165, 1.54) is 25.7 Å². The van der Waals surface area contributed by atoms with Crippen LogP contribution in [0.5, 0.6) is 0 Å². The topological polar surface area (TPSA) is 135 Å². The highest BCUT2D eigenvalue weighted by molar-refractivity contribution is 5.69. The molecule has 6 atom stereocenters. The summed E-state index contributed by atoms with van der Waals surface area (Å²) in [6.07, 6.45) is 46.1. The Hall–Kier alpha value is -2.63. The van der Waals surface area contributed by atoms with Crippen molar-refractivity contribution < 1.29 is 44.2 Å². The Bertz CT molecular complexity index is 1150. The van der Waals surface area contributed by atoms with E-state index in [0.717, 1.165) is 109 Å². The van der Waals surface area contributed by atoms with Crippen molar-refractivity contribution in [3.63, 3.8) is 0 Å². The number of carbonyl (C=O) groups is 1. The lowest BCUT2D eigenvalue weighted by atomic mass is 9.99. The summed E-state index contributed by atoms with van der Waals surface area (Å²) in [5.41, 5.74) is 0. The number of unbranched alkanes of at least 4 members (excludes halogenated alkanes) is 12. The van der Waals surface area contributed by atoms with Crippen molar-refractivity contribution in [3.05, 3.63) is 85.1 Å². The summed E-state index contributed by atoms with van der Waals surface area (Å²) in [6, 6.07) is 0. The lowest BCUT2D eigenvalue weighted by Gasteiger charge is -2.39. The van der Waals surface area contributed by atoms with Crippen LogP contribution >= 0.6 is 0 Å². The Morgan fingerprint density at radius 3 is 1.50 bits per heavy atom. The van der Waals surface area contributed by atoms with E-state index >= 15 is 0 Å². The Balaban J connectivity index is 2.27. The van der Waals surface area contributed by atoms with Crippen molar-refractivity contribution >= 4 is 5.97 Å². The summed E-state index contributed by atoms with van der Waals surface area (Å²) >= 11 is 0. The lowest BCUT2D eigenvalue weighted by Crippen LogP contribution is -2.59. The predicted octanol–water partition coefficient (Wildman–Crippen LogP) is 10.2. The van der Waals surface area contributed by atoms with Crippen molar-refractivity contribution in [2.45, 2.75) is 192 Å². The predicted molar refractivity (Wildman–Crippen MR) is 237 cm³/mol. The first kappa shape index (κ1) is 53.4. The van der Waals surface area contributed by atoms with Gasteiger partial charge in [-0.3, -0.25) is 4.79 Å². The number of hydrogen-bond acceptors (Lipinski definition) is 9. The van der Waals surface area contributed by atoms with E-state index in [1.54, 1.807) is 0 Å². The fraction of sp³-hybridized carbons (Fsp3) is 0.694. The van der Waals surface area contributed by atoms with Gasteiger partial charge in [0.2, 0.25) is 0 Å². The van der Waals surface area contributed by atoms with Gasteiger partial charge in [0, 0.05) is 13.0 Å². The zero-order valence-corrected chi connectivity index (χ0v) is 36.3. The van der Waals surface area contributed by atoms with E-state index in [2.05, 4.69) is 98.9 Å². The molecule has 0 aromatic rings. The largest absolute Gasteiger partial charge is 0.457 e.